The Morgan fingerprint density at radius 3 is 3.00 bits per heavy atom. The second-order valence-electron chi connectivity index (χ2n) is 6.13. The second-order valence-corrected chi connectivity index (χ2v) is 6.99. The first-order valence-corrected chi connectivity index (χ1v) is 8.85. The fourth-order valence-electron chi connectivity index (χ4n) is 3.13. The maximum Gasteiger partial charge on any atom is 0.239 e. The van der Waals surface area contributed by atoms with Gasteiger partial charge in [0.05, 0.1) is 11.0 Å². The van der Waals surface area contributed by atoms with Gasteiger partial charge in [-0.2, -0.15) is 0 Å². The van der Waals surface area contributed by atoms with Crippen LogP contribution < -0.4 is 26.2 Å². The molecule has 8 heteroatoms. The number of rotatable bonds is 5. The van der Waals surface area contributed by atoms with Gasteiger partial charge in [0.1, 0.15) is 17.9 Å². The van der Waals surface area contributed by atoms with Gasteiger partial charge in [0, 0.05) is 18.5 Å². The van der Waals surface area contributed by atoms with Gasteiger partial charge in [0.2, 0.25) is 5.91 Å². The summed E-state index contributed by atoms with van der Waals surface area (Å²) in [6.45, 7) is 4.29. The van der Waals surface area contributed by atoms with Crippen molar-refractivity contribution in [2.45, 2.75) is 31.5 Å². The highest BCUT2D eigenvalue weighted by atomic mass is 79.9. The second kappa shape index (κ2) is 9.01. The van der Waals surface area contributed by atoms with Gasteiger partial charge >= 0.3 is 0 Å². The van der Waals surface area contributed by atoms with Crippen LogP contribution in [0.25, 0.3) is 0 Å². The van der Waals surface area contributed by atoms with Gasteiger partial charge in [0.15, 0.2) is 0 Å². The SMILES string of the molecule is CC(CNC(=O)C1NNC2CCNCC21)Oc1ccccc1Br.Cl. The Kier molecular flexibility index (Phi) is 7.31. The molecule has 4 atom stereocenters. The van der Waals surface area contributed by atoms with Gasteiger partial charge in [-0.3, -0.25) is 10.2 Å². The third-order valence-electron chi connectivity index (χ3n) is 4.39. The minimum absolute atomic E-state index is 0. The van der Waals surface area contributed by atoms with E-state index in [4.69, 9.17) is 4.74 Å². The lowest BCUT2D eigenvalue weighted by molar-refractivity contribution is -0.124. The molecule has 24 heavy (non-hydrogen) atoms. The van der Waals surface area contributed by atoms with Crippen LogP contribution in [-0.2, 0) is 4.79 Å². The number of hydrogen-bond donors (Lipinski definition) is 4. The van der Waals surface area contributed by atoms with E-state index in [1.54, 1.807) is 0 Å². The third-order valence-corrected chi connectivity index (χ3v) is 5.05. The highest BCUT2D eigenvalue weighted by Crippen LogP contribution is 2.24. The van der Waals surface area contributed by atoms with E-state index in [2.05, 4.69) is 37.4 Å². The van der Waals surface area contributed by atoms with Crippen LogP contribution in [0.4, 0.5) is 0 Å². The fourth-order valence-corrected chi connectivity index (χ4v) is 3.51. The summed E-state index contributed by atoms with van der Waals surface area (Å²) in [6.07, 6.45) is 0.940. The molecule has 4 unspecified atom stereocenters. The predicted molar refractivity (Wildman–Crippen MR) is 99.3 cm³/mol. The molecule has 2 heterocycles. The lowest BCUT2D eigenvalue weighted by atomic mass is 9.89. The van der Waals surface area contributed by atoms with Crippen LogP contribution in [-0.4, -0.2) is 43.7 Å². The number of halogens is 2. The summed E-state index contributed by atoms with van der Waals surface area (Å²) in [4.78, 5) is 12.4. The smallest absolute Gasteiger partial charge is 0.239 e. The number of carbonyl (C=O) groups excluding carboxylic acids is 1. The van der Waals surface area contributed by atoms with E-state index in [1.807, 2.05) is 31.2 Å². The fraction of sp³-hybridized carbons (Fsp3) is 0.562. The zero-order chi connectivity index (χ0) is 16.2. The molecule has 0 saturated carbocycles. The maximum atomic E-state index is 12.4. The Balaban J connectivity index is 0.00000208. The molecular weight excluding hydrogens is 396 g/mol. The lowest BCUT2D eigenvalue weighted by Gasteiger charge is -2.27. The molecule has 2 fully saturated rings. The molecule has 1 amide bonds. The molecule has 2 aliphatic heterocycles. The summed E-state index contributed by atoms with van der Waals surface area (Å²) in [5.41, 5.74) is 6.37. The summed E-state index contributed by atoms with van der Waals surface area (Å²) in [6, 6.07) is 7.89. The van der Waals surface area contributed by atoms with Crippen molar-refractivity contribution < 1.29 is 9.53 Å². The molecule has 3 rings (SSSR count). The van der Waals surface area contributed by atoms with Crippen LogP contribution in [0.3, 0.4) is 0 Å². The topological polar surface area (TPSA) is 74.4 Å². The average Bonchev–Trinajstić information content (AvgIpc) is 2.99. The molecular formula is C16H24BrClN4O2. The Hall–Kier alpha value is -0.860. The number of fused-ring (bicyclic) bond motifs is 1. The number of hydrogen-bond acceptors (Lipinski definition) is 5. The van der Waals surface area contributed by atoms with Crippen molar-refractivity contribution >= 4 is 34.2 Å². The van der Waals surface area contributed by atoms with Crippen LogP contribution in [0.15, 0.2) is 28.7 Å². The van der Waals surface area contributed by atoms with E-state index >= 15 is 0 Å². The molecule has 6 nitrogen and oxygen atoms in total. The van der Waals surface area contributed by atoms with Crippen molar-refractivity contribution in [1.82, 2.24) is 21.5 Å². The monoisotopic (exact) mass is 418 g/mol. The van der Waals surface area contributed by atoms with E-state index in [-0.39, 0.29) is 30.5 Å². The van der Waals surface area contributed by atoms with Crippen LogP contribution in [0.1, 0.15) is 13.3 Å². The van der Waals surface area contributed by atoms with Crippen molar-refractivity contribution in [2.24, 2.45) is 5.92 Å². The first-order chi connectivity index (χ1) is 11.1. The molecule has 0 spiro atoms. The van der Waals surface area contributed by atoms with Gasteiger partial charge in [-0.1, -0.05) is 12.1 Å². The van der Waals surface area contributed by atoms with E-state index in [0.717, 1.165) is 29.7 Å². The molecule has 0 bridgehead atoms. The summed E-state index contributed by atoms with van der Waals surface area (Å²) in [5.74, 6) is 1.10. The van der Waals surface area contributed by atoms with Crippen LogP contribution in [0.5, 0.6) is 5.75 Å². The number of para-hydroxylation sites is 1. The number of carbonyl (C=O) groups is 1. The average molecular weight is 420 g/mol. The Labute approximate surface area is 157 Å². The van der Waals surface area contributed by atoms with Crippen molar-refractivity contribution in [3.8, 4) is 5.75 Å². The first-order valence-electron chi connectivity index (χ1n) is 8.06. The van der Waals surface area contributed by atoms with Crippen LogP contribution in [0.2, 0.25) is 0 Å². The standard InChI is InChI=1S/C16H23BrN4O2.ClH/c1-10(23-14-5-3-2-4-12(14)17)8-19-16(22)15-11-9-18-7-6-13(11)20-21-15;/h2-5,10-11,13,15,18,20-21H,6-9H2,1H3,(H,19,22);1H. The van der Waals surface area contributed by atoms with E-state index in [1.165, 1.54) is 0 Å². The summed E-state index contributed by atoms with van der Waals surface area (Å²) in [5, 5.41) is 6.34. The zero-order valence-electron chi connectivity index (χ0n) is 13.5. The van der Waals surface area contributed by atoms with Gasteiger partial charge in [-0.25, -0.2) is 5.43 Å². The Morgan fingerprint density at radius 2 is 2.21 bits per heavy atom. The van der Waals surface area contributed by atoms with Gasteiger partial charge in [-0.15, -0.1) is 12.4 Å². The number of hydrazine groups is 1. The molecule has 2 saturated heterocycles. The van der Waals surface area contributed by atoms with E-state index in [9.17, 15) is 4.79 Å². The zero-order valence-corrected chi connectivity index (χ0v) is 16.0. The Bertz CT molecular complexity index is 563. The molecule has 0 radical (unpaired) electrons. The number of ether oxygens (including phenoxy) is 1. The number of piperidine rings is 1. The highest BCUT2D eigenvalue weighted by molar-refractivity contribution is 9.10. The van der Waals surface area contributed by atoms with Crippen LogP contribution in [0, 0.1) is 5.92 Å². The molecule has 2 aliphatic rings. The molecule has 4 N–H and O–H groups in total. The number of nitrogens with one attached hydrogen (secondary N) is 4. The summed E-state index contributed by atoms with van der Waals surface area (Å²) >= 11 is 3.46. The quantitative estimate of drug-likeness (QED) is 0.577. The van der Waals surface area contributed by atoms with E-state index in [0.29, 0.717) is 18.5 Å². The molecule has 1 aromatic rings. The van der Waals surface area contributed by atoms with Crippen molar-refractivity contribution in [3.63, 3.8) is 0 Å². The molecule has 0 aliphatic carbocycles. The van der Waals surface area contributed by atoms with E-state index < -0.39 is 0 Å². The third kappa shape index (κ3) is 4.61. The lowest BCUT2D eigenvalue weighted by Crippen LogP contribution is -2.50. The highest BCUT2D eigenvalue weighted by Gasteiger charge is 2.41. The van der Waals surface area contributed by atoms with Gasteiger partial charge < -0.3 is 15.4 Å². The minimum Gasteiger partial charge on any atom is -0.488 e. The number of benzene rings is 1. The largest absolute Gasteiger partial charge is 0.488 e. The van der Waals surface area contributed by atoms with Crippen molar-refractivity contribution in [1.29, 1.82) is 0 Å². The Morgan fingerprint density at radius 1 is 1.42 bits per heavy atom. The predicted octanol–water partition coefficient (Wildman–Crippen LogP) is 1.21. The van der Waals surface area contributed by atoms with Gasteiger partial charge in [0.25, 0.3) is 0 Å². The summed E-state index contributed by atoms with van der Waals surface area (Å²) in [7, 11) is 0. The van der Waals surface area contributed by atoms with Crippen LogP contribution >= 0.6 is 28.3 Å². The maximum absolute atomic E-state index is 12.4. The minimum atomic E-state index is -0.191. The molecule has 1 aromatic carbocycles. The van der Waals surface area contributed by atoms with Crippen molar-refractivity contribution in [2.75, 3.05) is 19.6 Å². The summed E-state index contributed by atoms with van der Waals surface area (Å²) < 4.78 is 6.77. The molecule has 134 valence electrons. The first kappa shape index (κ1) is 19.5. The number of amides is 1. The normalized spacial score (nSPS) is 26.8. The van der Waals surface area contributed by atoms with Crippen molar-refractivity contribution in [3.05, 3.63) is 28.7 Å². The van der Waals surface area contributed by atoms with Gasteiger partial charge in [-0.05, 0) is 48.0 Å². The molecule has 0 aromatic heterocycles.